The molecule has 3 heterocycles. The SMILES string of the molecule is COc1cccc(CN2C(=O)CCc3c(C)nc(CN(C)Cc4cnn(C)c4)nc32)c1. The van der Waals surface area contributed by atoms with Crippen LogP contribution in [0.3, 0.4) is 0 Å². The Morgan fingerprint density at radius 1 is 1.16 bits per heavy atom. The first kappa shape index (κ1) is 21.0. The average molecular weight is 421 g/mol. The van der Waals surface area contributed by atoms with Gasteiger partial charge in [0.2, 0.25) is 5.91 Å². The van der Waals surface area contributed by atoms with Crippen molar-refractivity contribution >= 4 is 11.7 Å². The van der Waals surface area contributed by atoms with Gasteiger partial charge in [-0.25, -0.2) is 9.97 Å². The number of amides is 1. The van der Waals surface area contributed by atoms with E-state index in [1.165, 1.54) is 0 Å². The normalized spacial score (nSPS) is 13.6. The molecule has 0 atom stereocenters. The monoisotopic (exact) mass is 420 g/mol. The van der Waals surface area contributed by atoms with Gasteiger partial charge >= 0.3 is 0 Å². The molecular formula is C23H28N6O2. The smallest absolute Gasteiger partial charge is 0.228 e. The van der Waals surface area contributed by atoms with E-state index in [1.807, 2.05) is 57.7 Å². The molecule has 162 valence electrons. The summed E-state index contributed by atoms with van der Waals surface area (Å²) in [5.74, 6) is 2.31. The van der Waals surface area contributed by atoms with Gasteiger partial charge in [0.15, 0.2) is 0 Å². The molecular weight excluding hydrogens is 392 g/mol. The predicted molar refractivity (Wildman–Crippen MR) is 118 cm³/mol. The molecule has 0 fully saturated rings. The Hall–Kier alpha value is -3.26. The van der Waals surface area contributed by atoms with Crippen molar-refractivity contribution in [1.29, 1.82) is 0 Å². The number of aromatic nitrogens is 4. The van der Waals surface area contributed by atoms with Crippen molar-refractivity contribution in [3.8, 4) is 5.75 Å². The molecule has 4 rings (SSSR count). The number of hydrogen-bond donors (Lipinski definition) is 0. The van der Waals surface area contributed by atoms with Gasteiger partial charge in [0.1, 0.15) is 17.4 Å². The second-order valence-corrected chi connectivity index (χ2v) is 8.05. The minimum atomic E-state index is 0.0862. The van der Waals surface area contributed by atoms with Crippen LogP contribution < -0.4 is 9.64 Å². The third kappa shape index (κ3) is 4.74. The molecule has 0 saturated carbocycles. The molecule has 0 saturated heterocycles. The molecule has 8 nitrogen and oxygen atoms in total. The van der Waals surface area contributed by atoms with Gasteiger partial charge < -0.3 is 4.74 Å². The fourth-order valence-corrected chi connectivity index (χ4v) is 3.99. The van der Waals surface area contributed by atoms with Crippen LogP contribution in [0.2, 0.25) is 0 Å². The lowest BCUT2D eigenvalue weighted by molar-refractivity contribution is -0.119. The quantitative estimate of drug-likeness (QED) is 0.585. The molecule has 3 aromatic rings. The second-order valence-electron chi connectivity index (χ2n) is 8.05. The van der Waals surface area contributed by atoms with Gasteiger partial charge in [-0.05, 0) is 38.1 Å². The van der Waals surface area contributed by atoms with E-state index in [4.69, 9.17) is 14.7 Å². The number of methoxy groups -OCH3 is 1. The Morgan fingerprint density at radius 2 is 2.00 bits per heavy atom. The molecule has 1 aromatic carbocycles. The van der Waals surface area contributed by atoms with Crippen LogP contribution >= 0.6 is 0 Å². The molecule has 31 heavy (non-hydrogen) atoms. The number of benzene rings is 1. The van der Waals surface area contributed by atoms with Crippen LogP contribution in [0.1, 0.15) is 34.6 Å². The van der Waals surface area contributed by atoms with Crippen molar-refractivity contribution in [2.24, 2.45) is 7.05 Å². The second kappa shape index (κ2) is 8.85. The maximum Gasteiger partial charge on any atom is 0.228 e. The third-order valence-corrected chi connectivity index (χ3v) is 5.48. The molecule has 0 bridgehead atoms. The summed E-state index contributed by atoms with van der Waals surface area (Å²) >= 11 is 0. The summed E-state index contributed by atoms with van der Waals surface area (Å²) in [6.45, 7) is 3.80. The number of rotatable bonds is 7. The van der Waals surface area contributed by atoms with Gasteiger partial charge in [-0.1, -0.05) is 12.1 Å². The number of nitrogens with zero attached hydrogens (tertiary/aromatic N) is 6. The number of hydrogen-bond acceptors (Lipinski definition) is 6. The number of fused-ring (bicyclic) bond motifs is 1. The highest BCUT2D eigenvalue weighted by molar-refractivity contribution is 5.95. The van der Waals surface area contributed by atoms with Crippen LogP contribution in [0, 0.1) is 6.92 Å². The third-order valence-electron chi connectivity index (χ3n) is 5.48. The molecule has 1 amide bonds. The fourth-order valence-electron chi connectivity index (χ4n) is 3.99. The van der Waals surface area contributed by atoms with Crippen molar-refractivity contribution < 1.29 is 9.53 Å². The number of carbonyl (C=O) groups excluding carboxylic acids is 1. The first-order valence-electron chi connectivity index (χ1n) is 10.4. The Kier molecular flexibility index (Phi) is 5.99. The Bertz CT molecular complexity index is 1090. The number of ether oxygens (including phenoxy) is 1. The fraction of sp³-hybridized carbons (Fsp3) is 0.391. The summed E-state index contributed by atoms with van der Waals surface area (Å²) in [7, 11) is 5.59. The van der Waals surface area contributed by atoms with Crippen LogP contribution in [0.15, 0.2) is 36.7 Å². The number of carbonyl (C=O) groups is 1. The summed E-state index contributed by atoms with van der Waals surface area (Å²) < 4.78 is 7.13. The van der Waals surface area contributed by atoms with Gasteiger partial charge in [0.25, 0.3) is 0 Å². The van der Waals surface area contributed by atoms with Crippen molar-refractivity contribution in [3.63, 3.8) is 0 Å². The lowest BCUT2D eigenvalue weighted by atomic mass is 10.0. The van der Waals surface area contributed by atoms with Crippen molar-refractivity contribution in [2.75, 3.05) is 19.1 Å². The summed E-state index contributed by atoms with van der Waals surface area (Å²) in [5.41, 5.74) is 4.14. The van der Waals surface area contributed by atoms with Crippen LogP contribution in [0.25, 0.3) is 0 Å². The maximum absolute atomic E-state index is 12.8. The molecule has 1 aliphatic heterocycles. The van der Waals surface area contributed by atoms with Gasteiger partial charge in [0, 0.05) is 43.0 Å². The predicted octanol–water partition coefficient (Wildman–Crippen LogP) is 2.64. The summed E-state index contributed by atoms with van der Waals surface area (Å²) in [4.78, 5) is 26.3. The van der Waals surface area contributed by atoms with E-state index in [2.05, 4.69) is 10.00 Å². The summed E-state index contributed by atoms with van der Waals surface area (Å²) in [6, 6.07) is 7.80. The largest absolute Gasteiger partial charge is 0.497 e. The van der Waals surface area contributed by atoms with Crippen molar-refractivity contribution in [2.45, 2.75) is 39.4 Å². The highest BCUT2D eigenvalue weighted by Crippen LogP contribution is 2.30. The molecule has 1 aliphatic rings. The maximum atomic E-state index is 12.8. The van der Waals surface area contributed by atoms with E-state index in [0.29, 0.717) is 31.8 Å². The van der Waals surface area contributed by atoms with Crippen molar-refractivity contribution in [1.82, 2.24) is 24.6 Å². The zero-order valence-corrected chi connectivity index (χ0v) is 18.5. The lowest BCUT2D eigenvalue weighted by Gasteiger charge is -2.30. The summed E-state index contributed by atoms with van der Waals surface area (Å²) in [6.07, 6.45) is 5.02. The lowest BCUT2D eigenvalue weighted by Crippen LogP contribution is -2.36. The molecule has 0 unspecified atom stereocenters. The first-order chi connectivity index (χ1) is 14.9. The molecule has 2 aromatic heterocycles. The molecule has 0 aliphatic carbocycles. The van der Waals surface area contributed by atoms with E-state index < -0.39 is 0 Å². The number of aryl methyl sites for hydroxylation is 2. The standard InChI is InChI=1S/C23H28N6O2/c1-16-20-8-9-22(30)29(14-17-6-5-7-19(10-17)31-4)23(20)26-21(25-16)15-27(2)12-18-11-24-28(3)13-18/h5-7,10-11,13H,8-9,12,14-15H2,1-4H3. The minimum Gasteiger partial charge on any atom is -0.497 e. The molecule has 0 spiro atoms. The van der Waals surface area contributed by atoms with Crippen molar-refractivity contribution in [3.05, 3.63) is 64.9 Å². The number of anilines is 1. The molecule has 0 radical (unpaired) electrons. The highest BCUT2D eigenvalue weighted by atomic mass is 16.5. The van der Waals surface area contributed by atoms with E-state index in [0.717, 1.165) is 40.5 Å². The first-order valence-corrected chi connectivity index (χ1v) is 10.4. The van der Waals surface area contributed by atoms with Gasteiger partial charge in [-0.3, -0.25) is 19.3 Å². The van der Waals surface area contributed by atoms with E-state index >= 15 is 0 Å². The Labute approximate surface area is 182 Å². The van der Waals surface area contributed by atoms with E-state index in [-0.39, 0.29) is 5.91 Å². The minimum absolute atomic E-state index is 0.0862. The zero-order valence-electron chi connectivity index (χ0n) is 18.5. The average Bonchev–Trinajstić information content (AvgIpc) is 3.14. The van der Waals surface area contributed by atoms with Crippen LogP contribution in [-0.4, -0.2) is 44.7 Å². The Balaban J connectivity index is 1.58. The van der Waals surface area contributed by atoms with E-state index in [9.17, 15) is 4.79 Å². The highest BCUT2D eigenvalue weighted by Gasteiger charge is 2.28. The Morgan fingerprint density at radius 3 is 2.74 bits per heavy atom. The van der Waals surface area contributed by atoms with Gasteiger partial charge in [-0.2, -0.15) is 5.10 Å². The van der Waals surface area contributed by atoms with Crippen LogP contribution in [0.4, 0.5) is 5.82 Å². The molecule has 0 N–H and O–H groups in total. The topological polar surface area (TPSA) is 76.4 Å². The molecule has 8 heteroatoms. The van der Waals surface area contributed by atoms with E-state index in [1.54, 1.807) is 16.7 Å². The van der Waals surface area contributed by atoms with Crippen LogP contribution in [0.5, 0.6) is 5.75 Å². The van der Waals surface area contributed by atoms with Gasteiger partial charge in [-0.15, -0.1) is 0 Å². The zero-order chi connectivity index (χ0) is 22.0. The summed E-state index contributed by atoms with van der Waals surface area (Å²) in [5, 5.41) is 4.22. The van der Waals surface area contributed by atoms with Gasteiger partial charge in [0.05, 0.1) is 26.4 Å². The van der Waals surface area contributed by atoms with Crippen LogP contribution in [-0.2, 0) is 37.9 Å².